The summed E-state index contributed by atoms with van der Waals surface area (Å²) in [5.74, 6) is -0.981. The Hall–Kier alpha value is -4.19. The second-order valence-corrected chi connectivity index (χ2v) is 8.17. The maximum Gasteiger partial charge on any atom is 0.338 e. The van der Waals surface area contributed by atoms with Crippen molar-refractivity contribution in [2.45, 2.75) is 19.9 Å². The van der Waals surface area contributed by atoms with Gasteiger partial charge in [0, 0.05) is 6.07 Å². The van der Waals surface area contributed by atoms with Gasteiger partial charge >= 0.3 is 11.7 Å². The molecule has 1 N–H and O–H groups in total. The number of furan rings is 1. The van der Waals surface area contributed by atoms with Crippen molar-refractivity contribution >= 4 is 29.1 Å². The highest BCUT2D eigenvalue weighted by Crippen LogP contribution is 2.37. The van der Waals surface area contributed by atoms with E-state index in [1.165, 1.54) is 30.1 Å². The van der Waals surface area contributed by atoms with Crippen molar-refractivity contribution in [3.8, 4) is 11.5 Å². The van der Waals surface area contributed by atoms with Crippen LogP contribution in [-0.4, -0.2) is 34.3 Å². The number of thiazole rings is 1. The highest BCUT2D eigenvalue weighted by Gasteiger charge is 2.35. The average molecular weight is 485 g/mol. The van der Waals surface area contributed by atoms with Crippen LogP contribution in [0.3, 0.4) is 0 Å². The second-order valence-electron chi connectivity index (χ2n) is 7.17. The maximum atomic E-state index is 13.4. The van der Waals surface area contributed by atoms with Gasteiger partial charge in [-0.05, 0) is 43.7 Å². The summed E-state index contributed by atoms with van der Waals surface area (Å²) in [5.41, 5.74) is -0.212. The molecule has 0 fully saturated rings. The first kappa shape index (κ1) is 23.0. The van der Waals surface area contributed by atoms with Crippen LogP contribution in [-0.2, 0) is 9.53 Å². The number of phenolic OH excluding ortho intramolecular Hbond substituents is 1. The number of carbonyl (C=O) groups excluding carboxylic acids is 1. The van der Waals surface area contributed by atoms with Gasteiger partial charge in [0.05, 0.1) is 40.7 Å². The minimum atomic E-state index is -0.892. The fraction of sp³-hybridized carbons (Fsp3) is 0.227. The van der Waals surface area contributed by atoms with Gasteiger partial charge in [-0.2, -0.15) is 0 Å². The predicted molar refractivity (Wildman–Crippen MR) is 120 cm³/mol. The van der Waals surface area contributed by atoms with E-state index < -0.39 is 33.9 Å². The fourth-order valence-electron chi connectivity index (χ4n) is 3.65. The van der Waals surface area contributed by atoms with Crippen molar-refractivity contribution in [2.24, 2.45) is 4.99 Å². The van der Waals surface area contributed by atoms with Gasteiger partial charge in [0.25, 0.3) is 5.56 Å². The highest BCUT2D eigenvalue weighted by atomic mass is 32.1. The van der Waals surface area contributed by atoms with E-state index in [2.05, 4.69) is 4.99 Å². The number of carbonyl (C=O) groups is 1. The molecule has 0 saturated carbocycles. The zero-order valence-corrected chi connectivity index (χ0v) is 19.1. The lowest BCUT2D eigenvalue weighted by Gasteiger charge is -2.22. The lowest BCUT2D eigenvalue weighted by molar-refractivity contribution is -0.386. The molecule has 3 aromatic rings. The normalized spacial score (nSPS) is 15.6. The summed E-state index contributed by atoms with van der Waals surface area (Å²) in [5, 5.41) is 21.3. The summed E-state index contributed by atoms with van der Waals surface area (Å²) in [4.78, 5) is 41.5. The van der Waals surface area contributed by atoms with E-state index in [9.17, 15) is 24.8 Å². The molecule has 0 saturated heterocycles. The minimum Gasteiger partial charge on any atom is -0.500 e. The number of esters is 1. The van der Waals surface area contributed by atoms with Crippen LogP contribution in [0.2, 0.25) is 0 Å². The Kier molecular flexibility index (Phi) is 6.07. The van der Waals surface area contributed by atoms with E-state index in [0.717, 1.165) is 17.4 Å². The van der Waals surface area contributed by atoms with Gasteiger partial charge in [-0.1, -0.05) is 11.3 Å². The molecule has 3 heterocycles. The number of hydrogen-bond donors (Lipinski definition) is 1. The third-order valence-electron chi connectivity index (χ3n) is 5.12. The molecule has 0 radical (unpaired) electrons. The zero-order chi connectivity index (χ0) is 24.6. The summed E-state index contributed by atoms with van der Waals surface area (Å²) in [6.07, 6.45) is 2.87. The van der Waals surface area contributed by atoms with Crippen molar-refractivity contribution in [2.75, 3.05) is 13.7 Å². The highest BCUT2D eigenvalue weighted by molar-refractivity contribution is 7.07. The topological polar surface area (TPSA) is 146 Å². The van der Waals surface area contributed by atoms with Gasteiger partial charge in [-0.3, -0.25) is 19.5 Å². The molecule has 0 spiro atoms. The predicted octanol–water partition coefficient (Wildman–Crippen LogP) is 2.01. The van der Waals surface area contributed by atoms with E-state index in [4.69, 9.17) is 13.9 Å². The number of nitro benzene ring substituents is 1. The van der Waals surface area contributed by atoms with Gasteiger partial charge in [0.15, 0.2) is 10.6 Å². The smallest absolute Gasteiger partial charge is 0.338 e. The third kappa shape index (κ3) is 3.88. The molecular formula is C22H19N3O8S. The first-order valence-electron chi connectivity index (χ1n) is 10.0. The number of rotatable bonds is 6. The Morgan fingerprint density at radius 2 is 2.21 bits per heavy atom. The van der Waals surface area contributed by atoms with Crippen LogP contribution >= 0.6 is 11.3 Å². The molecule has 11 nitrogen and oxygen atoms in total. The van der Waals surface area contributed by atoms with Crippen LogP contribution in [0.1, 0.15) is 31.2 Å². The third-order valence-corrected chi connectivity index (χ3v) is 6.10. The lowest BCUT2D eigenvalue weighted by Crippen LogP contribution is -2.39. The maximum absolute atomic E-state index is 13.4. The average Bonchev–Trinajstić information content (AvgIpc) is 3.42. The number of phenols is 1. The Morgan fingerprint density at radius 1 is 1.44 bits per heavy atom. The van der Waals surface area contributed by atoms with Crippen LogP contribution in [0, 0.1) is 10.1 Å². The number of methoxy groups -OCH3 is 1. The van der Waals surface area contributed by atoms with E-state index in [1.54, 1.807) is 26.0 Å². The van der Waals surface area contributed by atoms with Crippen molar-refractivity contribution < 1.29 is 28.7 Å². The summed E-state index contributed by atoms with van der Waals surface area (Å²) in [6, 6.07) is 4.91. The molecule has 0 amide bonds. The van der Waals surface area contributed by atoms with E-state index in [-0.39, 0.29) is 28.0 Å². The number of aromatic nitrogens is 1. The summed E-state index contributed by atoms with van der Waals surface area (Å²) < 4.78 is 17.3. The number of benzene rings is 1. The Labute approximate surface area is 195 Å². The molecule has 34 heavy (non-hydrogen) atoms. The molecule has 1 aliphatic heterocycles. The minimum absolute atomic E-state index is 0.109. The first-order chi connectivity index (χ1) is 16.3. The van der Waals surface area contributed by atoms with Crippen molar-refractivity contribution in [3.05, 3.63) is 82.9 Å². The van der Waals surface area contributed by atoms with Gasteiger partial charge < -0.3 is 19.0 Å². The number of aromatic hydroxyl groups is 1. The molecule has 1 atom stereocenters. The Balaban J connectivity index is 1.94. The summed E-state index contributed by atoms with van der Waals surface area (Å²) >= 11 is 1.05. The molecule has 1 aliphatic rings. The molecule has 0 unspecified atom stereocenters. The quantitative estimate of drug-likeness (QED) is 0.317. The van der Waals surface area contributed by atoms with Crippen LogP contribution in [0.4, 0.5) is 5.69 Å². The van der Waals surface area contributed by atoms with Gasteiger partial charge in [0.1, 0.15) is 11.8 Å². The largest absolute Gasteiger partial charge is 0.500 e. The van der Waals surface area contributed by atoms with Gasteiger partial charge in [-0.15, -0.1) is 0 Å². The van der Waals surface area contributed by atoms with Crippen LogP contribution in [0.5, 0.6) is 11.5 Å². The monoisotopic (exact) mass is 485 g/mol. The van der Waals surface area contributed by atoms with Crippen molar-refractivity contribution in [3.63, 3.8) is 0 Å². The SMILES string of the molecule is CCOC(=O)C1=C(C)N=c2s/c(=C/c3cc(OC)c(O)c([N+](=O)[O-])c3)c(=O)n2[C@@H]1c1ccco1. The van der Waals surface area contributed by atoms with E-state index in [1.807, 2.05) is 0 Å². The number of ether oxygens (including phenoxy) is 2. The summed E-state index contributed by atoms with van der Waals surface area (Å²) in [6.45, 7) is 3.47. The standard InChI is InChI=1S/C22H19N3O8S/c1-4-32-21(28)17-11(2)23-22-24(18(17)14-6-5-7-33-14)20(27)16(34-22)10-12-8-13(25(29)30)19(26)15(9-12)31-3/h5-10,18,26H,4H2,1-3H3/b16-10+/t18-/m1/s1. The van der Waals surface area contributed by atoms with Crippen molar-refractivity contribution in [1.82, 2.24) is 4.57 Å². The molecular weight excluding hydrogens is 466 g/mol. The zero-order valence-electron chi connectivity index (χ0n) is 18.3. The van der Waals surface area contributed by atoms with E-state index >= 15 is 0 Å². The van der Waals surface area contributed by atoms with Gasteiger partial charge in [-0.25, -0.2) is 9.79 Å². The fourth-order valence-corrected chi connectivity index (χ4v) is 4.70. The van der Waals surface area contributed by atoms with Crippen LogP contribution in [0.25, 0.3) is 6.08 Å². The summed E-state index contributed by atoms with van der Waals surface area (Å²) in [7, 11) is 1.26. The number of nitro groups is 1. The number of allylic oxidation sites excluding steroid dienone is 1. The molecule has 176 valence electrons. The van der Waals surface area contributed by atoms with E-state index in [0.29, 0.717) is 16.3 Å². The molecule has 0 aliphatic carbocycles. The number of hydrogen-bond acceptors (Lipinski definition) is 10. The Bertz CT molecular complexity index is 1500. The molecule has 4 rings (SSSR count). The molecule has 0 bridgehead atoms. The van der Waals surface area contributed by atoms with Crippen LogP contribution in [0.15, 0.2) is 56.0 Å². The number of fused-ring (bicyclic) bond motifs is 1. The lowest BCUT2D eigenvalue weighted by atomic mass is 10.0. The molecule has 12 heteroatoms. The second kappa shape index (κ2) is 8.98. The first-order valence-corrected chi connectivity index (χ1v) is 10.9. The van der Waals surface area contributed by atoms with Crippen molar-refractivity contribution in [1.29, 1.82) is 0 Å². The molecule has 2 aromatic heterocycles. The number of nitrogens with zero attached hydrogens (tertiary/aromatic N) is 3. The van der Waals surface area contributed by atoms with Crippen LogP contribution < -0.4 is 19.6 Å². The Morgan fingerprint density at radius 3 is 2.82 bits per heavy atom. The van der Waals surface area contributed by atoms with Gasteiger partial charge in [0.2, 0.25) is 5.75 Å². The molecule has 1 aromatic carbocycles.